The number of Topliss-reactive ketones (excluding diaryl/α,β-unsaturated/α-hetero) is 1. The molecule has 4 aliphatic carbocycles. The lowest BCUT2D eigenvalue weighted by Crippen LogP contribution is -2.63. The van der Waals surface area contributed by atoms with Gasteiger partial charge < -0.3 is 20.1 Å². The van der Waals surface area contributed by atoms with E-state index >= 15 is 0 Å². The normalized spacial score (nSPS) is 55.7. The van der Waals surface area contributed by atoms with E-state index in [4.69, 9.17) is 4.74 Å². The Morgan fingerprint density at radius 2 is 2.04 bits per heavy atom. The Labute approximate surface area is 158 Å². The maximum absolute atomic E-state index is 12.5. The van der Waals surface area contributed by atoms with Crippen molar-refractivity contribution in [2.45, 2.75) is 75.8 Å². The van der Waals surface area contributed by atoms with Gasteiger partial charge in [0.1, 0.15) is 12.2 Å². The highest BCUT2D eigenvalue weighted by Crippen LogP contribution is 2.76. The van der Waals surface area contributed by atoms with Crippen LogP contribution in [0.1, 0.15) is 52.4 Å². The summed E-state index contributed by atoms with van der Waals surface area (Å²) in [7, 11) is 0. The standard InChI is InChI=1S/C21H28O6/c1-18-6-5-12(23)7-11(18)3-4-13-14-8-15(24)20(26,16(25)10-22)19(14,2)9-17-21(13,18)27-17/h7,13-15,17,22,24,26H,3-6,8-10H2,1-2H3/t13-,14+,15-,17+,18+,19-,20+,21+/m1/s1. The van der Waals surface area contributed by atoms with Crippen LogP contribution >= 0.6 is 0 Å². The average molecular weight is 376 g/mol. The molecule has 5 aliphatic rings. The van der Waals surface area contributed by atoms with Gasteiger partial charge in [0.25, 0.3) is 0 Å². The van der Waals surface area contributed by atoms with E-state index in [2.05, 4.69) is 6.92 Å². The fourth-order valence-electron chi connectivity index (χ4n) is 7.65. The number of aliphatic hydroxyl groups excluding tert-OH is 2. The Hall–Kier alpha value is -1.08. The minimum absolute atomic E-state index is 0.0530. The van der Waals surface area contributed by atoms with Crippen LogP contribution < -0.4 is 0 Å². The molecule has 6 nitrogen and oxygen atoms in total. The molecule has 0 aromatic heterocycles. The molecule has 0 radical (unpaired) electrons. The summed E-state index contributed by atoms with van der Waals surface area (Å²) in [6.45, 7) is 3.31. The Morgan fingerprint density at radius 1 is 1.30 bits per heavy atom. The van der Waals surface area contributed by atoms with Crippen molar-refractivity contribution in [3.05, 3.63) is 11.6 Å². The van der Waals surface area contributed by atoms with Crippen LogP contribution in [0.4, 0.5) is 0 Å². The van der Waals surface area contributed by atoms with Crippen LogP contribution in [-0.2, 0) is 14.3 Å². The number of rotatable bonds is 2. The molecule has 3 N–H and O–H groups in total. The highest BCUT2D eigenvalue weighted by Gasteiger charge is 2.82. The summed E-state index contributed by atoms with van der Waals surface area (Å²) in [6.07, 6.45) is 4.35. The lowest BCUT2D eigenvalue weighted by molar-refractivity contribution is -0.174. The maximum Gasteiger partial charge on any atom is 0.192 e. The number of carbonyl (C=O) groups is 2. The fourth-order valence-corrected chi connectivity index (χ4v) is 7.65. The summed E-state index contributed by atoms with van der Waals surface area (Å²) in [5.41, 5.74) is -2.10. The lowest BCUT2D eigenvalue weighted by Gasteiger charge is -2.56. The van der Waals surface area contributed by atoms with Crippen molar-refractivity contribution >= 4 is 11.6 Å². The van der Waals surface area contributed by atoms with E-state index in [1.807, 2.05) is 13.0 Å². The van der Waals surface area contributed by atoms with Crippen LogP contribution in [0.5, 0.6) is 0 Å². The predicted octanol–water partition coefficient (Wildman–Crippen LogP) is 0.913. The van der Waals surface area contributed by atoms with Crippen molar-refractivity contribution < 1.29 is 29.6 Å². The van der Waals surface area contributed by atoms with Crippen molar-refractivity contribution in [3.8, 4) is 0 Å². The smallest absolute Gasteiger partial charge is 0.192 e. The molecule has 0 unspecified atom stereocenters. The number of ether oxygens (including phenoxy) is 1. The number of ketones is 2. The third-order valence-electron chi connectivity index (χ3n) is 9.12. The van der Waals surface area contributed by atoms with Crippen LogP contribution in [0.15, 0.2) is 11.6 Å². The summed E-state index contributed by atoms with van der Waals surface area (Å²) >= 11 is 0. The van der Waals surface area contributed by atoms with Gasteiger partial charge in [0, 0.05) is 17.3 Å². The summed E-state index contributed by atoms with van der Waals surface area (Å²) in [4.78, 5) is 24.4. The van der Waals surface area contributed by atoms with Gasteiger partial charge in [0.15, 0.2) is 17.2 Å². The summed E-state index contributed by atoms with van der Waals surface area (Å²) in [6, 6.07) is 0. The number of aliphatic hydroxyl groups is 3. The molecule has 1 heterocycles. The Morgan fingerprint density at radius 3 is 2.74 bits per heavy atom. The summed E-state index contributed by atoms with van der Waals surface area (Å²) < 4.78 is 6.40. The van der Waals surface area contributed by atoms with Crippen LogP contribution in [0.3, 0.4) is 0 Å². The predicted molar refractivity (Wildman–Crippen MR) is 94.6 cm³/mol. The molecular formula is C21H28O6. The number of hydrogen-bond donors (Lipinski definition) is 3. The van der Waals surface area contributed by atoms with Crippen LogP contribution in [0.2, 0.25) is 0 Å². The molecule has 0 amide bonds. The van der Waals surface area contributed by atoms with Gasteiger partial charge in [-0.05, 0) is 50.0 Å². The molecule has 6 heteroatoms. The average Bonchev–Trinajstić information content (AvgIpc) is 3.31. The Bertz CT molecular complexity index is 775. The van der Waals surface area contributed by atoms with E-state index in [0.29, 0.717) is 19.3 Å². The quantitative estimate of drug-likeness (QED) is 0.619. The van der Waals surface area contributed by atoms with Crippen LogP contribution in [-0.4, -0.2) is 56.9 Å². The first-order valence-electron chi connectivity index (χ1n) is 10.1. The molecule has 1 aliphatic heterocycles. The molecule has 4 fully saturated rings. The highest BCUT2D eigenvalue weighted by atomic mass is 16.6. The van der Waals surface area contributed by atoms with Gasteiger partial charge in [-0.25, -0.2) is 0 Å². The zero-order valence-corrected chi connectivity index (χ0v) is 15.9. The molecule has 27 heavy (non-hydrogen) atoms. The van der Waals surface area contributed by atoms with Gasteiger partial charge in [0.2, 0.25) is 0 Å². The fraction of sp³-hybridized carbons (Fsp3) is 0.810. The van der Waals surface area contributed by atoms with Gasteiger partial charge in [-0.2, -0.15) is 0 Å². The van der Waals surface area contributed by atoms with Crippen LogP contribution in [0, 0.1) is 22.7 Å². The maximum atomic E-state index is 12.5. The van der Waals surface area contributed by atoms with Gasteiger partial charge in [-0.15, -0.1) is 0 Å². The van der Waals surface area contributed by atoms with Crippen molar-refractivity contribution in [1.29, 1.82) is 0 Å². The minimum atomic E-state index is -1.93. The van der Waals surface area contributed by atoms with Crippen LogP contribution in [0.25, 0.3) is 0 Å². The molecule has 0 aromatic carbocycles. The van der Waals surface area contributed by atoms with Crippen molar-refractivity contribution in [2.24, 2.45) is 22.7 Å². The van der Waals surface area contributed by atoms with E-state index in [1.54, 1.807) is 0 Å². The summed E-state index contributed by atoms with van der Waals surface area (Å²) in [5, 5.41) is 31.4. The molecule has 148 valence electrons. The van der Waals surface area contributed by atoms with E-state index in [1.165, 1.54) is 5.57 Å². The van der Waals surface area contributed by atoms with Crippen molar-refractivity contribution in [1.82, 2.24) is 0 Å². The monoisotopic (exact) mass is 376 g/mol. The minimum Gasteiger partial charge on any atom is -0.390 e. The second-order valence-electron chi connectivity index (χ2n) is 9.84. The zero-order chi connectivity index (χ0) is 19.4. The van der Waals surface area contributed by atoms with E-state index < -0.39 is 29.5 Å². The molecule has 0 bridgehead atoms. The van der Waals surface area contributed by atoms with Gasteiger partial charge in [0.05, 0.1) is 12.2 Å². The Kier molecular flexibility index (Phi) is 3.39. The largest absolute Gasteiger partial charge is 0.390 e. The molecular weight excluding hydrogens is 348 g/mol. The zero-order valence-electron chi connectivity index (χ0n) is 15.9. The number of hydrogen-bond acceptors (Lipinski definition) is 6. The third kappa shape index (κ3) is 1.77. The number of carbonyl (C=O) groups excluding carboxylic acids is 2. The SMILES string of the molecule is C[C@]12CCC(=O)C=C1CC[C@@H]1[C@@H]3C[C@@H](O)[C@](O)(C(=O)CO)[C@]3(C)C[C@@H]3O[C@]312. The van der Waals surface area contributed by atoms with Crippen molar-refractivity contribution in [3.63, 3.8) is 0 Å². The Balaban J connectivity index is 1.59. The summed E-state index contributed by atoms with van der Waals surface area (Å²) in [5.74, 6) is -0.428. The topological polar surface area (TPSA) is 107 Å². The second-order valence-corrected chi connectivity index (χ2v) is 9.84. The van der Waals surface area contributed by atoms with E-state index in [9.17, 15) is 24.9 Å². The third-order valence-corrected chi connectivity index (χ3v) is 9.12. The van der Waals surface area contributed by atoms with E-state index in [0.717, 1.165) is 19.3 Å². The first kappa shape index (κ1) is 18.0. The van der Waals surface area contributed by atoms with E-state index in [-0.39, 0.29) is 34.7 Å². The second kappa shape index (κ2) is 5.09. The highest BCUT2D eigenvalue weighted by molar-refractivity contribution is 5.92. The molecule has 8 atom stereocenters. The molecule has 5 rings (SSSR count). The molecule has 3 saturated carbocycles. The first-order chi connectivity index (χ1) is 12.6. The van der Waals surface area contributed by atoms with Crippen molar-refractivity contribution in [2.75, 3.05) is 6.61 Å². The van der Waals surface area contributed by atoms with Gasteiger partial charge >= 0.3 is 0 Å². The molecule has 1 saturated heterocycles. The number of fused-ring (bicyclic) bond motifs is 3. The van der Waals surface area contributed by atoms with Gasteiger partial charge in [-0.3, -0.25) is 9.59 Å². The molecule has 0 aromatic rings. The molecule has 1 spiro atoms. The van der Waals surface area contributed by atoms with Gasteiger partial charge in [-0.1, -0.05) is 19.4 Å². The first-order valence-corrected chi connectivity index (χ1v) is 10.1. The lowest BCUT2D eigenvalue weighted by atomic mass is 9.46. The number of epoxide rings is 1.